The summed E-state index contributed by atoms with van der Waals surface area (Å²) in [6, 6.07) is 50.8. The molecule has 0 unspecified atom stereocenters. The van der Waals surface area contributed by atoms with E-state index in [0.29, 0.717) is 136 Å². The van der Waals surface area contributed by atoms with Gasteiger partial charge < -0.3 is 103 Å². The Hall–Kier alpha value is -17.4. The summed E-state index contributed by atoms with van der Waals surface area (Å²) in [4.78, 5) is 49.3. The van der Waals surface area contributed by atoms with Crippen molar-refractivity contribution in [3.63, 3.8) is 0 Å². The Kier molecular flexibility index (Phi) is 40.3. The zero-order valence-corrected chi connectivity index (χ0v) is 79.7. The van der Waals surface area contributed by atoms with E-state index in [4.69, 9.17) is 81.5 Å². The Morgan fingerprint density at radius 1 is 0.243 bits per heavy atom. The molecule has 0 saturated heterocycles. The molecule has 25 nitrogen and oxygen atoms in total. The fraction of sp³-hybridized carbons (Fsp3) is 0.156. The summed E-state index contributed by atoms with van der Waals surface area (Å²) >= 11 is 0. The molecule has 0 amide bonds. The summed E-state index contributed by atoms with van der Waals surface area (Å²) in [7, 11) is 23.8. The second-order valence-corrected chi connectivity index (χ2v) is 29.3. The van der Waals surface area contributed by atoms with Crippen molar-refractivity contribution in [1.82, 2.24) is 0 Å². The van der Waals surface area contributed by atoms with Crippen LogP contribution in [0.15, 0.2) is 243 Å². The predicted molar refractivity (Wildman–Crippen MR) is 535 cm³/mol. The van der Waals surface area contributed by atoms with Crippen molar-refractivity contribution < 1.29 is 121 Å². The number of carbonyl (C=O) groups is 4. The molecular weight excluding hydrogens is 1810 g/mol. The Bertz CT molecular complexity index is 6320. The number of ketones is 4. The van der Waals surface area contributed by atoms with Crippen molar-refractivity contribution in [2.75, 3.05) is 141 Å². The molecule has 12 aromatic rings. The molecule has 6 N–H and O–H groups in total. The molecule has 728 valence electrons. The Balaban J connectivity index is 0.000000209. The van der Waals surface area contributed by atoms with Crippen LogP contribution in [-0.4, -0.2) is 137 Å². The fourth-order valence-corrected chi connectivity index (χ4v) is 13.6. The van der Waals surface area contributed by atoms with Crippen molar-refractivity contribution in [2.24, 2.45) is 0 Å². The van der Waals surface area contributed by atoms with Crippen LogP contribution in [0.2, 0.25) is 0 Å². The van der Waals surface area contributed by atoms with Gasteiger partial charge in [-0.2, -0.15) is 0 Å². The monoisotopic (exact) mass is 1920 g/mol. The number of halogens is 6. The van der Waals surface area contributed by atoms with E-state index in [9.17, 15) is 45.5 Å². The second-order valence-electron chi connectivity index (χ2n) is 29.3. The van der Waals surface area contributed by atoms with Crippen LogP contribution in [0.4, 0.5) is 54.8 Å². The standard InChI is InChI=1S/C28H28FNO5.2C27H25F2NO5.C27H27FN2O5/c1-18-6-10-21(11-7-18)24(31)12-13-30-23-15-19(14-22(29)27(23)34-4)8-9-20-16-25(32-2)28(35-5)26(17-20)33-3;1-32-24-15-18(16-25(33-2)27(24)35-4)6-5-17-13-21(29)26(34-3)22(14-17)30-12-11-23(31)19-7-9-20(28)10-8-19;1-32-24-14-18(15-25(33-2)27(24)35-4)9-8-17-12-21(29)26(34-3)22(13-17)30-11-10-23(31)19-6-5-7-20(28)16-19;1-32-24-15-18(16-25(33-2)27(24)35-4)10-9-17-13-20(28)26(34-3)22(14-17)30-12-11-23(31)19-7-5-6-8-21(19)29/h6-17,30H,1-5H3;2*5-16,30H,1-4H3;5-16,30H,29H2,1-4H3/b9-8-,13-12-;6-5-,12-11-;9-8-,11-10-;10-9-,12-11-. The summed E-state index contributed by atoms with van der Waals surface area (Å²) in [5.41, 5.74) is 15.4. The number of rotatable bonds is 40. The maximum absolute atomic E-state index is 14.7. The number of para-hydroxylation sites is 1. The number of nitrogens with one attached hydrogen (secondary N) is 4. The average molecular weight is 1920 g/mol. The normalized spacial score (nSPS) is 11.0. The highest BCUT2D eigenvalue weighted by Gasteiger charge is 2.21. The number of ether oxygens (including phenoxy) is 16. The van der Waals surface area contributed by atoms with Crippen molar-refractivity contribution in [1.29, 1.82) is 0 Å². The van der Waals surface area contributed by atoms with Crippen LogP contribution < -0.4 is 103 Å². The molecule has 0 atom stereocenters. The van der Waals surface area contributed by atoms with E-state index in [1.807, 2.05) is 19.1 Å². The van der Waals surface area contributed by atoms with Crippen molar-refractivity contribution in [3.8, 4) is 92.0 Å². The lowest BCUT2D eigenvalue weighted by Gasteiger charge is -2.13. The van der Waals surface area contributed by atoms with Crippen LogP contribution >= 0.6 is 0 Å². The molecule has 0 radical (unpaired) electrons. The number of anilines is 5. The number of benzene rings is 12. The number of hydrogen-bond acceptors (Lipinski definition) is 25. The van der Waals surface area contributed by atoms with Gasteiger partial charge in [0, 0.05) is 77.0 Å². The smallest absolute Gasteiger partial charge is 0.203 e. The average Bonchev–Trinajstić information content (AvgIpc) is 0.826. The Labute approximate surface area is 807 Å². The molecule has 31 heteroatoms. The van der Waals surface area contributed by atoms with Crippen LogP contribution in [0.3, 0.4) is 0 Å². The van der Waals surface area contributed by atoms with Crippen molar-refractivity contribution in [3.05, 3.63) is 350 Å². The highest BCUT2D eigenvalue weighted by atomic mass is 19.1. The molecule has 0 bridgehead atoms. The lowest BCUT2D eigenvalue weighted by molar-refractivity contribution is 0.103. The minimum atomic E-state index is -0.591. The minimum Gasteiger partial charge on any atom is -0.493 e. The molecule has 0 aromatic heterocycles. The lowest BCUT2D eigenvalue weighted by atomic mass is 10.1. The van der Waals surface area contributed by atoms with E-state index in [1.54, 1.807) is 172 Å². The molecule has 0 aliphatic heterocycles. The zero-order chi connectivity index (χ0) is 101. The van der Waals surface area contributed by atoms with E-state index in [0.717, 1.165) is 33.9 Å². The van der Waals surface area contributed by atoms with Crippen LogP contribution in [0.25, 0.3) is 48.6 Å². The van der Waals surface area contributed by atoms with Gasteiger partial charge in [-0.1, -0.05) is 103 Å². The van der Waals surface area contributed by atoms with E-state index in [1.165, 1.54) is 215 Å². The molecule has 0 aliphatic rings. The lowest BCUT2D eigenvalue weighted by Crippen LogP contribution is -2.02. The number of hydrogen-bond donors (Lipinski definition) is 5. The Morgan fingerprint density at radius 3 is 0.736 bits per heavy atom. The SMILES string of the molecule is COc1cc(/C=C\c2cc(F)c(OC)c(N/C=C\C(=O)c3ccc(C)cc3)c2)cc(OC)c1OC.COc1cc(/C=C\c2cc(F)c(OC)c(N/C=C\C(=O)c3ccc(F)cc3)c2)cc(OC)c1OC.COc1cc(/C=C\c2cc(F)c(OC)c(N/C=C\C(=O)c3cccc(F)c3)c2)cc(OC)c1OC.COc1cc(/C=C\c2cc(F)c(OC)c(N/C=C\C(=O)c3ccccc3N)c2)cc(OC)c1OC. The zero-order valence-electron chi connectivity index (χ0n) is 79.7. The number of nitrogens with two attached hydrogens (primary N) is 1. The minimum absolute atomic E-state index is 0.00572. The van der Waals surface area contributed by atoms with Gasteiger partial charge in [-0.25, -0.2) is 26.3 Å². The first kappa shape index (κ1) is 106. The highest BCUT2D eigenvalue weighted by Crippen LogP contribution is 2.44. The van der Waals surface area contributed by atoms with E-state index >= 15 is 0 Å². The molecule has 12 aromatic carbocycles. The number of allylic oxidation sites excluding steroid dienone is 4. The number of carbonyl (C=O) groups excluding carboxylic acids is 4. The fourth-order valence-electron chi connectivity index (χ4n) is 13.6. The molecular formula is C109H105F6N5O20. The van der Waals surface area contributed by atoms with Crippen LogP contribution in [0.5, 0.6) is 92.0 Å². The molecule has 12 rings (SSSR count). The first-order chi connectivity index (χ1) is 67.6. The molecule has 0 heterocycles. The van der Waals surface area contributed by atoms with Gasteiger partial charge in [-0.05, 0) is 197 Å². The number of methoxy groups -OCH3 is 16. The Morgan fingerprint density at radius 2 is 0.486 bits per heavy atom. The van der Waals surface area contributed by atoms with Gasteiger partial charge >= 0.3 is 0 Å². The molecule has 0 saturated carbocycles. The van der Waals surface area contributed by atoms with Gasteiger partial charge in [0.25, 0.3) is 0 Å². The second kappa shape index (κ2) is 53.1. The van der Waals surface area contributed by atoms with Crippen LogP contribution in [-0.2, 0) is 0 Å². The van der Waals surface area contributed by atoms with Crippen LogP contribution in [0.1, 0.15) is 91.5 Å². The molecule has 0 aliphatic carbocycles. The largest absolute Gasteiger partial charge is 0.493 e. The summed E-state index contributed by atoms with van der Waals surface area (Å²) < 4.78 is 170. The number of nitrogen functional groups attached to an aromatic ring is 1. The van der Waals surface area contributed by atoms with Crippen LogP contribution in [0, 0.1) is 41.8 Å². The van der Waals surface area contributed by atoms with Gasteiger partial charge in [0.1, 0.15) is 11.6 Å². The van der Waals surface area contributed by atoms with Gasteiger partial charge in [0.2, 0.25) is 23.0 Å². The summed E-state index contributed by atoms with van der Waals surface area (Å²) in [6.07, 6.45) is 24.8. The molecule has 0 spiro atoms. The predicted octanol–water partition coefficient (Wildman–Crippen LogP) is 23.5. The van der Waals surface area contributed by atoms with Gasteiger partial charge in [-0.3, -0.25) is 19.2 Å². The number of aryl methyl sites for hydroxylation is 1. The third kappa shape index (κ3) is 29.1. The third-order valence-electron chi connectivity index (χ3n) is 20.4. The van der Waals surface area contributed by atoms with Gasteiger partial charge in [-0.15, -0.1) is 0 Å². The highest BCUT2D eigenvalue weighted by molar-refractivity contribution is 6.08. The van der Waals surface area contributed by atoms with E-state index in [2.05, 4.69) is 21.3 Å². The van der Waals surface area contributed by atoms with E-state index in [-0.39, 0.29) is 45.9 Å². The topological polar surface area (TPSA) is 290 Å². The summed E-state index contributed by atoms with van der Waals surface area (Å²) in [5, 5.41) is 11.6. The first-order valence-corrected chi connectivity index (χ1v) is 42.4. The van der Waals surface area contributed by atoms with E-state index < -0.39 is 40.7 Å². The first-order valence-electron chi connectivity index (χ1n) is 42.4. The van der Waals surface area contributed by atoms with Crippen molar-refractivity contribution >= 4 is 100 Å². The maximum atomic E-state index is 14.7. The molecule has 0 fully saturated rings. The van der Waals surface area contributed by atoms with Gasteiger partial charge in [0.15, 0.2) is 115 Å². The summed E-state index contributed by atoms with van der Waals surface area (Å²) in [6.45, 7) is 1.95. The molecule has 140 heavy (non-hydrogen) atoms. The third-order valence-corrected chi connectivity index (χ3v) is 20.4. The van der Waals surface area contributed by atoms with Crippen molar-refractivity contribution in [2.45, 2.75) is 6.92 Å². The van der Waals surface area contributed by atoms with Gasteiger partial charge in [0.05, 0.1) is 137 Å². The quantitative estimate of drug-likeness (QED) is 0.00784. The maximum Gasteiger partial charge on any atom is 0.203 e. The summed E-state index contributed by atoms with van der Waals surface area (Å²) in [5.74, 6) is 1.52.